The molecule has 2 aliphatic heterocycles. The minimum absolute atomic E-state index is 0.0880. The Labute approximate surface area is 135 Å². The molecule has 0 radical (unpaired) electrons. The smallest absolute Gasteiger partial charge is 0.446 e. The Bertz CT molecular complexity index is 681. The summed E-state index contributed by atoms with van der Waals surface area (Å²) in [6.45, 7) is 0.119. The number of aromatic amines is 2. The van der Waals surface area contributed by atoms with Crippen molar-refractivity contribution in [2.24, 2.45) is 5.73 Å². The first-order valence-corrected chi connectivity index (χ1v) is 7.30. The molecule has 0 bridgehead atoms. The number of primary amides is 1. The van der Waals surface area contributed by atoms with Crippen molar-refractivity contribution in [2.45, 2.75) is 36.6 Å². The standard InChI is InChI=1S/C13H18N4O7/c1-22-5-3-23-10-7(18)8(4-2-15-13(21)17-11(4)19)24-9(10)6(5)16-12(14)20/h2,5-10,18H,3H2,1H3,(H3,14,16,20)(H2,15,17,19,21)/p+1/t5-,6?,7+,8+,9-,10+/m1/s1. The van der Waals surface area contributed by atoms with E-state index in [1.54, 1.807) is 0 Å². The minimum atomic E-state index is -1.15. The molecule has 0 aliphatic carbocycles. The lowest BCUT2D eigenvalue weighted by molar-refractivity contribution is -0.401. The van der Waals surface area contributed by atoms with Crippen molar-refractivity contribution < 1.29 is 34.2 Å². The summed E-state index contributed by atoms with van der Waals surface area (Å²) < 4.78 is 16.6. The molecule has 3 heterocycles. The first-order chi connectivity index (χ1) is 11.4. The van der Waals surface area contributed by atoms with Crippen LogP contribution in [-0.2, 0) is 14.2 Å². The van der Waals surface area contributed by atoms with Crippen LogP contribution in [0.2, 0.25) is 0 Å². The van der Waals surface area contributed by atoms with Gasteiger partial charge >= 0.3 is 17.6 Å². The number of hydrogen-bond donors (Lipinski definition) is 5. The molecule has 0 aromatic carbocycles. The Hall–Kier alpha value is -2.21. The van der Waals surface area contributed by atoms with Crippen LogP contribution in [0, 0.1) is 0 Å². The molecule has 3 rings (SSSR count). The van der Waals surface area contributed by atoms with Gasteiger partial charge in [0.15, 0.2) is 0 Å². The lowest BCUT2D eigenvalue weighted by Crippen LogP contribution is -2.62. The number of methoxy groups -OCH3 is 1. The first-order valence-electron chi connectivity index (χ1n) is 7.30. The highest BCUT2D eigenvalue weighted by molar-refractivity contribution is 5.72. The van der Waals surface area contributed by atoms with E-state index in [-0.39, 0.29) is 12.2 Å². The van der Waals surface area contributed by atoms with Crippen molar-refractivity contribution in [1.82, 2.24) is 10.3 Å². The van der Waals surface area contributed by atoms with Gasteiger partial charge in [-0.05, 0) is 0 Å². The summed E-state index contributed by atoms with van der Waals surface area (Å²) in [5, 5.41) is 22.3. The Morgan fingerprint density at radius 3 is 2.92 bits per heavy atom. The largest absolute Gasteiger partial charge is 0.451 e. The highest BCUT2D eigenvalue weighted by Crippen LogP contribution is 2.38. The number of urea groups is 1. The molecule has 11 heteroatoms. The van der Waals surface area contributed by atoms with E-state index in [2.05, 4.69) is 15.3 Å². The molecule has 2 amide bonds. The predicted molar refractivity (Wildman–Crippen MR) is 75.9 cm³/mol. The van der Waals surface area contributed by atoms with Crippen LogP contribution in [0.3, 0.4) is 0 Å². The number of rotatable bonds is 3. The monoisotopic (exact) mass is 343 g/mol. The number of H-pyrrole nitrogens is 2. The van der Waals surface area contributed by atoms with Crippen LogP contribution in [-0.4, -0.2) is 65.4 Å². The Morgan fingerprint density at radius 1 is 1.54 bits per heavy atom. The molecule has 0 saturated carbocycles. The summed E-state index contributed by atoms with van der Waals surface area (Å²) >= 11 is 0. The van der Waals surface area contributed by atoms with Crippen LogP contribution in [0.5, 0.6) is 6.01 Å². The molecule has 11 nitrogen and oxygen atoms in total. The number of amides is 2. The van der Waals surface area contributed by atoms with Gasteiger partial charge in [-0.2, -0.15) is 4.98 Å². The maximum atomic E-state index is 12.0. The number of nitrogens with two attached hydrogens (primary N) is 1. The van der Waals surface area contributed by atoms with Crippen LogP contribution in [0.15, 0.2) is 11.0 Å². The van der Waals surface area contributed by atoms with Crippen LogP contribution in [0.4, 0.5) is 4.79 Å². The van der Waals surface area contributed by atoms with Crippen molar-refractivity contribution >= 4 is 6.03 Å². The maximum absolute atomic E-state index is 12.0. The molecule has 6 atom stereocenters. The molecule has 2 aliphatic rings. The number of hydrogen-bond acceptors (Lipinski definition) is 7. The van der Waals surface area contributed by atoms with Gasteiger partial charge in [-0.1, -0.05) is 0 Å². The van der Waals surface area contributed by atoms with Gasteiger partial charge in [-0.15, -0.1) is 0 Å². The Morgan fingerprint density at radius 2 is 2.29 bits per heavy atom. The average Bonchev–Trinajstić information content (AvgIpc) is 2.85. The van der Waals surface area contributed by atoms with Crippen molar-refractivity contribution in [2.75, 3.05) is 13.7 Å². The third-order valence-corrected chi connectivity index (χ3v) is 4.26. The van der Waals surface area contributed by atoms with E-state index >= 15 is 0 Å². The van der Waals surface area contributed by atoms with E-state index in [1.165, 1.54) is 13.3 Å². The summed E-state index contributed by atoms with van der Waals surface area (Å²) in [7, 11) is 1.45. The fraction of sp³-hybridized carbons (Fsp3) is 0.615. The molecule has 2 fully saturated rings. The molecule has 0 spiro atoms. The van der Waals surface area contributed by atoms with Crippen LogP contribution < -0.4 is 21.6 Å². The molecule has 132 valence electrons. The van der Waals surface area contributed by atoms with E-state index in [0.29, 0.717) is 0 Å². The minimum Gasteiger partial charge on any atom is -0.446 e. The molecular formula is C13H19N4O7+. The number of carbonyl (C=O) groups excluding carboxylic acids is 1. The normalized spacial score (nSPS) is 35.4. The Kier molecular flexibility index (Phi) is 4.41. The number of ether oxygens (including phenoxy) is 3. The number of fused-ring (bicyclic) bond motifs is 1. The molecule has 7 N–H and O–H groups in total. The van der Waals surface area contributed by atoms with Gasteiger partial charge < -0.3 is 35.5 Å². The SMILES string of the molecule is CO[C@@H]1CO[C@H]2[C@@H](O)[C@H](c3c[nH+]c(O)[nH]c3=O)O[C@@H]2C1NC(N)=O. The molecule has 2 saturated heterocycles. The van der Waals surface area contributed by atoms with E-state index in [0.717, 1.165) is 0 Å². The lowest BCUT2D eigenvalue weighted by atomic mass is 9.94. The molecule has 24 heavy (non-hydrogen) atoms. The second-order valence-electron chi connectivity index (χ2n) is 5.67. The van der Waals surface area contributed by atoms with Crippen LogP contribution in [0.25, 0.3) is 0 Å². The lowest BCUT2D eigenvalue weighted by Gasteiger charge is -2.38. The number of aliphatic hydroxyl groups is 1. The fourth-order valence-corrected chi connectivity index (χ4v) is 3.15. The summed E-state index contributed by atoms with van der Waals surface area (Å²) in [5.41, 5.74) is 4.67. The third kappa shape index (κ3) is 2.82. The zero-order chi connectivity index (χ0) is 17.4. The third-order valence-electron chi connectivity index (χ3n) is 4.26. The summed E-state index contributed by atoms with van der Waals surface area (Å²) in [4.78, 5) is 27.8. The summed E-state index contributed by atoms with van der Waals surface area (Å²) in [6, 6.07) is -1.83. The molecule has 1 unspecified atom stereocenters. The van der Waals surface area contributed by atoms with Crippen LogP contribution >= 0.6 is 0 Å². The van der Waals surface area contributed by atoms with E-state index in [9.17, 15) is 19.8 Å². The van der Waals surface area contributed by atoms with Gasteiger partial charge in [0.25, 0.3) is 0 Å². The highest BCUT2D eigenvalue weighted by Gasteiger charge is 2.54. The molecule has 1 aromatic heterocycles. The van der Waals surface area contributed by atoms with E-state index in [1.807, 2.05) is 0 Å². The molecular weight excluding hydrogens is 324 g/mol. The number of carbonyl (C=O) groups is 1. The van der Waals surface area contributed by atoms with Crippen molar-refractivity contribution in [1.29, 1.82) is 0 Å². The Balaban J connectivity index is 1.90. The van der Waals surface area contributed by atoms with Gasteiger partial charge in [-0.3, -0.25) is 0 Å². The summed E-state index contributed by atoms with van der Waals surface area (Å²) in [5.74, 6) is 0. The van der Waals surface area contributed by atoms with Crippen molar-refractivity contribution in [3.63, 3.8) is 0 Å². The fourth-order valence-electron chi connectivity index (χ4n) is 3.15. The topological polar surface area (TPSA) is 170 Å². The maximum Gasteiger partial charge on any atom is 0.451 e. The van der Waals surface area contributed by atoms with Gasteiger partial charge in [0.2, 0.25) is 0 Å². The molecule has 1 aromatic rings. The average molecular weight is 343 g/mol. The van der Waals surface area contributed by atoms with Crippen LogP contribution in [0.1, 0.15) is 11.7 Å². The number of aliphatic hydroxyl groups excluding tert-OH is 1. The zero-order valence-corrected chi connectivity index (χ0v) is 12.8. The van der Waals surface area contributed by atoms with E-state index in [4.69, 9.17) is 19.9 Å². The van der Waals surface area contributed by atoms with Gasteiger partial charge in [0.05, 0.1) is 12.6 Å². The quantitative estimate of drug-likeness (QED) is 0.393. The zero-order valence-electron chi connectivity index (χ0n) is 12.8. The van der Waals surface area contributed by atoms with Crippen molar-refractivity contribution in [3.05, 3.63) is 22.1 Å². The van der Waals surface area contributed by atoms with Gasteiger partial charge in [0, 0.05) is 7.11 Å². The van der Waals surface area contributed by atoms with Gasteiger partial charge in [0.1, 0.15) is 42.3 Å². The summed E-state index contributed by atoms with van der Waals surface area (Å²) in [6.07, 6.45) is -2.97. The highest BCUT2D eigenvalue weighted by atomic mass is 16.6. The van der Waals surface area contributed by atoms with E-state index < -0.39 is 54.2 Å². The number of aromatic hydroxyl groups is 1. The second-order valence-corrected chi connectivity index (χ2v) is 5.67. The number of aromatic nitrogens is 2. The second kappa shape index (κ2) is 6.36. The van der Waals surface area contributed by atoms with Crippen molar-refractivity contribution in [3.8, 4) is 6.01 Å². The number of nitrogens with one attached hydrogen (secondary N) is 3. The first kappa shape index (κ1) is 16.6. The predicted octanol–water partition coefficient (Wildman–Crippen LogP) is -2.85. The van der Waals surface area contributed by atoms with Gasteiger partial charge in [-0.25, -0.2) is 14.6 Å².